The predicted octanol–water partition coefficient (Wildman–Crippen LogP) is 2.89. The standard InChI is InChI=1S/C14H27NO2/c1-5-17-13(16)10-11(2)15-12-8-6-7-9-14(12,3)4/h11-12,15H,5-10H2,1-4H3. The minimum absolute atomic E-state index is 0.0962. The lowest BCUT2D eigenvalue weighted by Gasteiger charge is -2.40. The SMILES string of the molecule is CCOC(=O)CC(C)NC1CCCCC1(C)C. The van der Waals surface area contributed by atoms with Gasteiger partial charge in [0.2, 0.25) is 0 Å². The molecule has 1 fully saturated rings. The highest BCUT2D eigenvalue weighted by molar-refractivity contribution is 5.70. The van der Waals surface area contributed by atoms with Crippen LogP contribution >= 0.6 is 0 Å². The average Bonchev–Trinajstić information content (AvgIpc) is 2.21. The fourth-order valence-corrected chi connectivity index (χ4v) is 2.68. The van der Waals surface area contributed by atoms with Crippen molar-refractivity contribution in [3.63, 3.8) is 0 Å². The van der Waals surface area contributed by atoms with E-state index in [0.717, 1.165) is 0 Å². The van der Waals surface area contributed by atoms with E-state index in [1.807, 2.05) is 6.92 Å². The largest absolute Gasteiger partial charge is 0.466 e. The Hall–Kier alpha value is -0.570. The van der Waals surface area contributed by atoms with Gasteiger partial charge in [-0.1, -0.05) is 26.7 Å². The van der Waals surface area contributed by atoms with Gasteiger partial charge in [-0.05, 0) is 32.1 Å². The first kappa shape index (κ1) is 14.5. The lowest BCUT2D eigenvalue weighted by Crippen LogP contribution is -2.48. The normalized spacial score (nSPS) is 25.3. The summed E-state index contributed by atoms with van der Waals surface area (Å²) in [5.41, 5.74) is 0.348. The number of nitrogens with one attached hydrogen (secondary N) is 1. The van der Waals surface area contributed by atoms with Gasteiger partial charge < -0.3 is 10.1 Å². The molecular formula is C14H27NO2. The number of hydrogen-bond donors (Lipinski definition) is 1. The number of rotatable bonds is 5. The minimum Gasteiger partial charge on any atom is -0.466 e. The molecule has 2 unspecified atom stereocenters. The first-order valence-corrected chi connectivity index (χ1v) is 6.87. The van der Waals surface area contributed by atoms with Gasteiger partial charge in [0.05, 0.1) is 13.0 Å². The molecule has 0 amide bonds. The second kappa shape index (κ2) is 6.39. The molecule has 3 heteroatoms. The summed E-state index contributed by atoms with van der Waals surface area (Å²) in [5, 5.41) is 3.60. The Morgan fingerprint density at radius 2 is 2.18 bits per heavy atom. The van der Waals surface area contributed by atoms with Gasteiger partial charge in [-0.25, -0.2) is 0 Å². The quantitative estimate of drug-likeness (QED) is 0.752. The summed E-state index contributed by atoms with van der Waals surface area (Å²) >= 11 is 0. The molecule has 1 rings (SSSR count). The molecule has 0 aliphatic heterocycles. The summed E-state index contributed by atoms with van der Waals surface area (Å²) in [5.74, 6) is -0.0962. The highest BCUT2D eigenvalue weighted by atomic mass is 16.5. The smallest absolute Gasteiger partial charge is 0.307 e. The van der Waals surface area contributed by atoms with Crippen LogP contribution in [0.25, 0.3) is 0 Å². The van der Waals surface area contributed by atoms with Crippen molar-refractivity contribution in [2.24, 2.45) is 5.41 Å². The molecule has 0 heterocycles. The number of ether oxygens (including phenoxy) is 1. The lowest BCUT2D eigenvalue weighted by molar-refractivity contribution is -0.143. The molecule has 0 saturated heterocycles. The summed E-state index contributed by atoms with van der Waals surface area (Å²) in [6.45, 7) is 9.03. The third-order valence-electron chi connectivity index (χ3n) is 3.77. The Morgan fingerprint density at radius 3 is 2.76 bits per heavy atom. The van der Waals surface area contributed by atoms with Crippen LogP contribution in [0, 0.1) is 5.41 Å². The van der Waals surface area contributed by atoms with Crippen molar-refractivity contribution in [1.82, 2.24) is 5.32 Å². The van der Waals surface area contributed by atoms with E-state index >= 15 is 0 Å². The van der Waals surface area contributed by atoms with Crippen LogP contribution < -0.4 is 5.32 Å². The van der Waals surface area contributed by atoms with Crippen molar-refractivity contribution in [2.75, 3.05) is 6.61 Å². The average molecular weight is 241 g/mol. The Morgan fingerprint density at radius 1 is 1.47 bits per heavy atom. The number of carbonyl (C=O) groups is 1. The summed E-state index contributed by atoms with van der Waals surface area (Å²) in [7, 11) is 0. The maximum Gasteiger partial charge on any atom is 0.307 e. The van der Waals surface area contributed by atoms with Crippen LogP contribution in [0.15, 0.2) is 0 Å². The fraction of sp³-hybridized carbons (Fsp3) is 0.929. The lowest BCUT2D eigenvalue weighted by atomic mass is 9.73. The van der Waals surface area contributed by atoms with E-state index in [2.05, 4.69) is 26.1 Å². The molecule has 0 spiro atoms. The van der Waals surface area contributed by atoms with Gasteiger partial charge in [0.15, 0.2) is 0 Å². The molecule has 0 radical (unpaired) electrons. The summed E-state index contributed by atoms with van der Waals surface area (Å²) in [4.78, 5) is 11.4. The number of hydrogen-bond acceptors (Lipinski definition) is 3. The van der Waals surface area contributed by atoms with Gasteiger partial charge in [0.1, 0.15) is 0 Å². The van der Waals surface area contributed by atoms with E-state index in [0.29, 0.717) is 24.5 Å². The van der Waals surface area contributed by atoms with E-state index in [4.69, 9.17) is 4.74 Å². The van der Waals surface area contributed by atoms with E-state index < -0.39 is 0 Å². The van der Waals surface area contributed by atoms with Crippen molar-refractivity contribution in [3.05, 3.63) is 0 Å². The number of carbonyl (C=O) groups excluding carboxylic acids is 1. The fourth-order valence-electron chi connectivity index (χ4n) is 2.68. The van der Waals surface area contributed by atoms with Crippen molar-refractivity contribution in [2.45, 2.75) is 71.9 Å². The highest BCUT2D eigenvalue weighted by Crippen LogP contribution is 2.35. The Balaban J connectivity index is 2.39. The van der Waals surface area contributed by atoms with Crippen LogP contribution in [0.1, 0.15) is 59.8 Å². The van der Waals surface area contributed by atoms with Crippen LogP contribution in [0.3, 0.4) is 0 Å². The zero-order chi connectivity index (χ0) is 12.9. The van der Waals surface area contributed by atoms with Crippen LogP contribution in [0.2, 0.25) is 0 Å². The Bertz CT molecular complexity index is 251. The van der Waals surface area contributed by atoms with Gasteiger partial charge >= 0.3 is 5.97 Å². The minimum atomic E-state index is -0.0962. The second-order valence-corrected chi connectivity index (χ2v) is 5.86. The second-order valence-electron chi connectivity index (χ2n) is 5.86. The molecule has 1 aliphatic carbocycles. The van der Waals surface area contributed by atoms with Gasteiger partial charge in [0, 0.05) is 12.1 Å². The van der Waals surface area contributed by atoms with Crippen LogP contribution in [0.4, 0.5) is 0 Å². The summed E-state index contributed by atoms with van der Waals surface area (Å²) in [6, 6.07) is 0.733. The van der Waals surface area contributed by atoms with Crippen LogP contribution in [-0.2, 0) is 9.53 Å². The molecule has 1 saturated carbocycles. The third-order valence-corrected chi connectivity index (χ3v) is 3.77. The maximum absolute atomic E-state index is 11.4. The molecule has 2 atom stereocenters. The van der Waals surface area contributed by atoms with Gasteiger partial charge in [-0.2, -0.15) is 0 Å². The topological polar surface area (TPSA) is 38.3 Å². The third kappa shape index (κ3) is 4.66. The van der Waals surface area contributed by atoms with Crippen molar-refractivity contribution in [1.29, 1.82) is 0 Å². The predicted molar refractivity (Wildman–Crippen MR) is 69.9 cm³/mol. The van der Waals surface area contributed by atoms with Crippen LogP contribution in [0.5, 0.6) is 0 Å². The molecular weight excluding hydrogens is 214 g/mol. The molecule has 1 aliphatic rings. The molecule has 0 bridgehead atoms. The van der Waals surface area contributed by atoms with E-state index in [1.54, 1.807) is 0 Å². The van der Waals surface area contributed by atoms with Gasteiger partial charge in [-0.15, -0.1) is 0 Å². The van der Waals surface area contributed by atoms with Gasteiger partial charge in [-0.3, -0.25) is 4.79 Å². The molecule has 0 aromatic carbocycles. The first-order valence-electron chi connectivity index (χ1n) is 6.87. The van der Waals surface area contributed by atoms with Crippen molar-refractivity contribution >= 4 is 5.97 Å². The van der Waals surface area contributed by atoms with Gasteiger partial charge in [0.25, 0.3) is 0 Å². The Labute approximate surface area is 105 Å². The monoisotopic (exact) mass is 241 g/mol. The Kier molecular flexibility index (Phi) is 5.44. The van der Waals surface area contributed by atoms with Crippen molar-refractivity contribution in [3.8, 4) is 0 Å². The molecule has 0 aromatic heterocycles. The summed E-state index contributed by atoms with van der Waals surface area (Å²) < 4.78 is 4.97. The first-order chi connectivity index (χ1) is 7.95. The van der Waals surface area contributed by atoms with E-state index in [9.17, 15) is 4.79 Å². The molecule has 100 valence electrons. The molecule has 1 N–H and O–H groups in total. The molecule has 0 aromatic rings. The van der Waals surface area contributed by atoms with Crippen molar-refractivity contribution < 1.29 is 9.53 Å². The molecule has 17 heavy (non-hydrogen) atoms. The highest BCUT2D eigenvalue weighted by Gasteiger charge is 2.32. The zero-order valence-corrected chi connectivity index (χ0v) is 11.7. The maximum atomic E-state index is 11.4. The van der Waals surface area contributed by atoms with Crippen LogP contribution in [-0.4, -0.2) is 24.7 Å². The number of esters is 1. The summed E-state index contributed by atoms with van der Waals surface area (Å²) in [6.07, 6.45) is 5.60. The van der Waals surface area contributed by atoms with E-state index in [-0.39, 0.29) is 12.0 Å². The van der Waals surface area contributed by atoms with E-state index in [1.165, 1.54) is 25.7 Å². The zero-order valence-electron chi connectivity index (χ0n) is 11.7. The molecule has 3 nitrogen and oxygen atoms in total.